The van der Waals surface area contributed by atoms with Crippen LogP contribution in [0.3, 0.4) is 0 Å². The van der Waals surface area contributed by atoms with Crippen molar-refractivity contribution in [2.75, 3.05) is 0 Å². The molecular formula is C45H30O. The van der Waals surface area contributed by atoms with Crippen molar-refractivity contribution in [1.82, 2.24) is 0 Å². The molecule has 0 radical (unpaired) electrons. The first-order valence-corrected chi connectivity index (χ1v) is 16.1. The molecule has 1 heteroatoms. The van der Waals surface area contributed by atoms with Gasteiger partial charge >= 0.3 is 0 Å². The number of fused-ring (bicyclic) bond motifs is 11. The van der Waals surface area contributed by atoms with Crippen molar-refractivity contribution in [2.45, 2.75) is 19.3 Å². The zero-order valence-electron chi connectivity index (χ0n) is 25.8. The van der Waals surface area contributed by atoms with Gasteiger partial charge in [-0.1, -0.05) is 135 Å². The van der Waals surface area contributed by atoms with Crippen LogP contribution in [0.4, 0.5) is 0 Å². The van der Waals surface area contributed by atoms with Crippen LogP contribution in [-0.2, 0) is 5.41 Å². The molecule has 1 aromatic heterocycles. The molecule has 0 N–H and O–H groups in total. The van der Waals surface area contributed by atoms with Gasteiger partial charge in [0, 0.05) is 21.6 Å². The Bertz CT molecular complexity index is 2720. The molecule has 1 aliphatic carbocycles. The van der Waals surface area contributed by atoms with E-state index in [0.29, 0.717) is 0 Å². The van der Waals surface area contributed by atoms with Crippen LogP contribution in [0.25, 0.3) is 87.6 Å². The predicted molar refractivity (Wildman–Crippen MR) is 195 cm³/mol. The molecule has 0 fully saturated rings. The maximum atomic E-state index is 6.56. The van der Waals surface area contributed by atoms with Crippen LogP contribution in [-0.4, -0.2) is 0 Å². The maximum absolute atomic E-state index is 6.56. The summed E-state index contributed by atoms with van der Waals surface area (Å²) < 4.78 is 6.56. The molecule has 0 aliphatic heterocycles. The van der Waals surface area contributed by atoms with E-state index in [2.05, 4.69) is 159 Å². The fourth-order valence-corrected chi connectivity index (χ4v) is 8.33. The normalized spacial score (nSPS) is 13.6. The van der Waals surface area contributed by atoms with Crippen LogP contribution >= 0.6 is 0 Å². The Balaban J connectivity index is 1.25. The number of hydrogen-bond acceptors (Lipinski definition) is 1. The lowest BCUT2D eigenvalue weighted by Crippen LogP contribution is -2.15. The molecule has 0 atom stereocenters. The van der Waals surface area contributed by atoms with Crippen LogP contribution in [0.15, 0.2) is 150 Å². The highest BCUT2D eigenvalue weighted by molar-refractivity contribution is 6.19. The quantitative estimate of drug-likeness (QED) is 0.196. The van der Waals surface area contributed by atoms with Gasteiger partial charge in [0.2, 0.25) is 0 Å². The molecular weight excluding hydrogens is 556 g/mol. The summed E-state index contributed by atoms with van der Waals surface area (Å²) in [6, 6.07) is 53.3. The highest BCUT2D eigenvalue weighted by atomic mass is 16.3. The van der Waals surface area contributed by atoms with E-state index in [1.165, 1.54) is 76.8 Å². The van der Waals surface area contributed by atoms with Crippen molar-refractivity contribution in [3.63, 3.8) is 0 Å². The zero-order chi connectivity index (χ0) is 30.6. The number of hydrogen-bond donors (Lipinski definition) is 0. The smallest absolute Gasteiger partial charge is 0.143 e. The molecule has 10 rings (SSSR count). The monoisotopic (exact) mass is 586 g/mol. The van der Waals surface area contributed by atoms with Gasteiger partial charge in [0.25, 0.3) is 0 Å². The first kappa shape index (κ1) is 25.6. The topological polar surface area (TPSA) is 13.1 Å². The summed E-state index contributed by atoms with van der Waals surface area (Å²) in [5, 5.41) is 9.86. The summed E-state index contributed by atoms with van der Waals surface area (Å²) >= 11 is 0. The summed E-state index contributed by atoms with van der Waals surface area (Å²) in [5.41, 5.74) is 12.2. The standard InChI is InChI=1S/C45H30O/c1-45(2)39-26-30(32-18-10-20-40-41(32)37-24-21-28-12-4-8-17-34(28)44(37)46-40)22-23-36(39)42-38(25-29-13-5-7-16-33(29)43(42)45)35-19-9-14-27-11-3-6-15-31(27)35/h3-26H,1-2H3. The second kappa shape index (κ2) is 9.19. The third kappa shape index (κ3) is 3.40. The molecule has 9 aromatic rings. The lowest BCUT2D eigenvalue weighted by Gasteiger charge is -2.24. The summed E-state index contributed by atoms with van der Waals surface area (Å²) in [6.07, 6.45) is 0. The highest BCUT2D eigenvalue weighted by Crippen LogP contribution is 2.56. The molecule has 1 aliphatic rings. The first-order chi connectivity index (χ1) is 22.6. The van der Waals surface area contributed by atoms with Gasteiger partial charge in [-0.15, -0.1) is 0 Å². The molecule has 0 spiro atoms. The molecule has 1 heterocycles. The molecule has 0 unspecified atom stereocenters. The molecule has 46 heavy (non-hydrogen) atoms. The first-order valence-electron chi connectivity index (χ1n) is 16.1. The van der Waals surface area contributed by atoms with Crippen molar-refractivity contribution < 1.29 is 4.42 Å². The van der Waals surface area contributed by atoms with Gasteiger partial charge in [0.15, 0.2) is 0 Å². The van der Waals surface area contributed by atoms with Crippen molar-refractivity contribution in [3.8, 4) is 33.4 Å². The SMILES string of the molecule is CC1(C)c2cc(-c3cccc4oc5c6ccccc6ccc5c34)ccc2-c2c(-c3cccc4ccccc34)cc3ccccc3c21. The van der Waals surface area contributed by atoms with E-state index in [4.69, 9.17) is 4.42 Å². The minimum atomic E-state index is -0.191. The lowest BCUT2D eigenvalue weighted by molar-refractivity contribution is 0.666. The van der Waals surface area contributed by atoms with Gasteiger partial charge in [-0.3, -0.25) is 0 Å². The van der Waals surface area contributed by atoms with E-state index < -0.39 is 0 Å². The van der Waals surface area contributed by atoms with Gasteiger partial charge in [-0.05, 0) is 95.7 Å². The summed E-state index contributed by atoms with van der Waals surface area (Å²) in [4.78, 5) is 0. The Morgan fingerprint density at radius 1 is 0.457 bits per heavy atom. The van der Waals surface area contributed by atoms with E-state index >= 15 is 0 Å². The van der Waals surface area contributed by atoms with Crippen LogP contribution in [0.2, 0.25) is 0 Å². The summed E-state index contributed by atoms with van der Waals surface area (Å²) in [5.74, 6) is 0. The Morgan fingerprint density at radius 3 is 1.98 bits per heavy atom. The van der Waals surface area contributed by atoms with E-state index in [9.17, 15) is 0 Å². The minimum absolute atomic E-state index is 0.191. The second-order valence-corrected chi connectivity index (χ2v) is 13.3. The van der Waals surface area contributed by atoms with Crippen LogP contribution in [0.5, 0.6) is 0 Å². The Morgan fingerprint density at radius 2 is 1.13 bits per heavy atom. The molecule has 0 saturated heterocycles. The molecule has 0 amide bonds. The van der Waals surface area contributed by atoms with Gasteiger partial charge in [0.1, 0.15) is 11.2 Å². The minimum Gasteiger partial charge on any atom is -0.455 e. The van der Waals surface area contributed by atoms with E-state index in [1.54, 1.807) is 0 Å². The molecule has 8 aromatic carbocycles. The van der Waals surface area contributed by atoms with Gasteiger partial charge in [-0.25, -0.2) is 0 Å². The third-order valence-electron chi connectivity index (χ3n) is 10.4. The van der Waals surface area contributed by atoms with Gasteiger partial charge in [0.05, 0.1) is 0 Å². The molecule has 0 bridgehead atoms. The fourth-order valence-electron chi connectivity index (χ4n) is 8.33. The van der Waals surface area contributed by atoms with Crippen molar-refractivity contribution in [3.05, 3.63) is 157 Å². The predicted octanol–water partition coefficient (Wildman–Crippen LogP) is 12.7. The highest BCUT2D eigenvalue weighted by Gasteiger charge is 2.39. The zero-order valence-corrected chi connectivity index (χ0v) is 25.8. The Kier molecular flexibility index (Phi) is 5.12. The average molecular weight is 587 g/mol. The number of rotatable bonds is 2. The summed E-state index contributed by atoms with van der Waals surface area (Å²) in [7, 11) is 0. The molecule has 0 saturated carbocycles. The third-order valence-corrected chi connectivity index (χ3v) is 10.4. The largest absolute Gasteiger partial charge is 0.455 e. The van der Waals surface area contributed by atoms with Crippen LogP contribution in [0, 0.1) is 0 Å². The van der Waals surface area contributed by atoms with Crippen molar-refractivity contribution in [1.29, 1.82) is 0 Å². The van der Waals surface area contributed by atoms with E-state index in [0.717, 1.165) is 21.9 Å². The van der Waals surface area contributed by atoms with Crippen molar-refractivity contribution in [2.24, 2.45) is 0 Å². The van der Waals surface area contributed by atoms with Crippen LogP contribution in [0.1, 0.15) is 25.0 Å². The Labute approximate surface area is 267 Å². The van der Waals surface area contributed by atoms with Crippen molar-refractivity contribution >= 4 is 54.3 Å². The van der Waals surface area contributed by atoms with Crippen LogP contribution < -0.4 is 0 Å². The van der Waals surface area contributed by atoms with E-state index in [1.807, 2.05) is 0 Å². The Hall–Kier alpha value is -5.66. The maximum Gasteiger partial charge on any atom is 0.143 e. The number of benzene rings is 8. The fraction of sp³-hybridized carbons (Fsp3) is 0.0667. The van der Waals surface area contributed by atoms with E-state index in [-0.39, 0.29) is 5.41 Å². The average Bonchev–Trinajstić information content (AvgIpc) is 3.60. The lowest BCUT2D eigenvalue weighted by atomic mass is 9.78. The second-order valence-electron chi connectivity index (χ2n) is 13.3. The van der Waals surface area contributed by atoms with Gasteiger partial charge in [-0.2, -0.15) is 0 Å². The molecule has 1 nitrogen and oxygen atoms in total. The summed E-state index contributed by atoms with van der Waals surface area (Å²) in [6.45, 7) is 4.81. The number of furan rings is 1. The van der Waals surface area contributed by atoms with Gasteiger partial charge < -0.3 is 4.42 Å². The molecule has 216 valence electrons.